The number of aromatic amines is 1. The molecule has 0 aliphatic carbocycles. The van der Waals surface area contributed by atoms with Crippen molar-refractivity contribution >= 4 is 11.6 Å². The number of rotatable bonds is 4. The summed E-state index contributed by atoms with van der Waals surface area (Å²) < 4.78 is 7.11. The second-order valence-electron chi connectivity index (χ2n) is 5.33. The lowest BCUT2D eigenvalue weighted by molar-refractivity contribution is 0.0933. The van der Waals surface area contributed by atoms with Gasteiger partial charge in [-0.3, -0.25) is 14.3 Å². The highest BCUT2D eigenvalue weighted by Gasteiger charge is 2.19. The van der Waals surface area contributed by atoms with E-state index in [0.717, 1.165) is 5.65 Å². The van der Waals surface area contributed by atoms with Crippen LogP contribution >= 0.6 is 0 Å². The van der Waals surface area contributed by atoms with Gasteiger partial charge in [-0.2, -0.15) is 5.10 Å². The highest BCUT2D eigenvalue weighted by Crippen LogP contribution is 2.18. The number of nitrogens with one attached hydrogen (secondary N) is 2. The first-order chi connectivity index (χ1) is 11.7. The third-order valence-electron chi connectivity index (χ3n) is 3.67. The normalized spacial score (nSPS) is 12.4. The van der Waals surface area contributed by atoms with Crippen LogP contribution in [0.1, 0.15) is 29.3 Å². The van der Waals surface area contributed by atoms with Crippen molar-refractivity contribution in [3.8, 4) is 11.5 Å². The predicted octanol–water partition coefficient (Wildman–Crippen LogP) is 2.20. The molecule has 4 rings (SSSR count). The summed E-state index contributed by atoms with van der Waals surface area (Å²) in [6.45, 7) is 1.85. The largest absolute Gasteiger partial charge is 0.463 e. The number of nitrogens with zero attached hydrogens (tertiary/aromatic N) is 4. The summed E-state index contributed by atoms with van der Waals surface area (Å²) in [5, 5.41) is 17.9. The summed E-state index contributed by atoms with van der Waals surface area (Å²) in [6, 6.07) is 10.5. The molecule has 4 heterocycles. The minimum atomic E-state index is -0.321. The Balaban J connectivity index is 1.53. The Morgan fingerprint density at radius 2 is 2.21 bits per heavy atom. The summed E-state index contributed by atoms with van der Waals surface area (Å²) in [7, 11) is 0. The fourth-order valence-corrected chi connectivity index (χ4v) is 2.49. The van der Waals surface area contributed by atoms with Crippen molar-refractivity contribution in [1.29, 1.82) is 0 Å². The van der Waals surface area contributed by atoms with Gasteiger partial charge in [-0.25, -0.2) is 0 Å². The van der Waals surface area contributed by atoms with Gasteiger partial charge in [0.25, 0.3) is 5.91 Å². The molecule has 24 heavy (non-hydrogen) atoms. The second kappa shape index (κ2) is 5.65. The van der Waals surface area contributed by atoms with E-state index in [4.69, 9.17) is 4.42 Å². The Hall–Kier alpha value is -3.42. The number of hydrogen-bond donors (Lipinski definition) is 2. The molecule has 0 fully saturated rings. The van der Waals surface area contributed by atoms with Crippen LogP contribution in [0.4, 0.5) is 0 Å². The first kappa shape index (κ1) is 14.2. The third-order valence-corrected chi connectivity index (χ3v) is 3.67. The second-order valence-corrected chi connectivity index (χ2v) is 5.33. The van der Waals surface area contributed by atoms with Gasteiger partial charge < -0.3 is 9.73 Å². The van der Waals surface area contributed by atoms with Crippen LogP contribution < -0.4 is 5.32 Å². The Morgan fingerprint density at radius 1 is 1.29 bits per heavy atom. The minimum absolute atomic E-state index is 0.280. The number of carbonyl (C=O) groups excluding carboxylic acids is 1. The molecule has 8 heteroatoms. The molecular weight excluding hydrogens is 308 g/mol. The zero-order chi connectivity index (χ0) is 16.5. The molecule has 1 atom stereocenters. The third kappa shape index (κ3) is 2.43. The van der Waals surface area contributed by atoms with E-state index in [2.05, 4.69) is 25.7 Å². The molecule has 120 valence electrons. The van der Waals surface area contributed by atoms with E-state index in [1.54, 1.807) is 24.5 Å². The number of aromatic nitrogens is 5. The van der Waals surface area contributed by atoms with Crippen molar-refractivity contribution in [3.63, 3.8) is 0 Å². The molecule has 0 aromatic carbocycles. The Labute approximate surface area is 136 Å². The van der Waals surface area contributed by atoms with Crippen LogP contribution in [-0.2, 0) is 0 Å². The maximum absolute atomic E-state index is 12.4. The monoisotopic (exact) mass is 322 g/mol. The highest BCUT2D eigenvalue weighted by molar-refractivity contribution is 5.93. The van der Waals surface area contributed by atoms with E-state index < -0.39 is 0 Å². The molecule has 0 bridgehead atoms. The average molecular weight is 322 g/mol. The van der Waals surface area contributed by atoms with Crippen LogP contribution in [0.15, 0.2) is 53.3 Å². The van der Waals surface area contributed by atoms with Gasteiger partial charge in [0.05, 0.1) is 12.3 Å². The lowest BCUT2D eigenvalue weighted by Crippen LogP contribution is -2.28. The smallest absolute Gasteiger partial charge is 0.272 e. The minimum Gasteiger partial charge on any atom is -0.463 e. The molecule has 0 unspecified atom stereocenters. The SMILES string of the molecule is C[C@@H](NC(=O)c1cc(-c2ccco2)[nH]n1)c1nnc2ccccn12. The van der Waals surface area contributed by atoms with E-state index in [1.165, 1.54) is 0 Å². The maximum Gasteiger partial charge on any atom is 0.272 e. The van der Waals surface area contributed by atoms with Crippen molar-refractivity contribution in [2.75, 3.05) is 0 Å². The molecule has 1 amide bonds. The summed E-state index contributed by atoms with van der Waals surface area (Å²) in [6.07, 6.45) is 3.42. The van der Waals surface area contributed by atoms with Gasteiger partial charge in [0.1, 0.15) is 5.69 Å². The van der Waals surface area contributed by atoms with Crippen LogP contribution in [0.2, 0.25) is 0 Å². The number of fused-ring (bicyclic) bond motifs is 1. The van der Waals surface area contributed by atoms with Gasteiger partial charge in [0.2, 0.25) is 0 Å². The summed E-state index contributed by atoms with van der Waals surface area (Å²) >= 11 is 0. The van der Waals surface area contributed by atoms with Crippen LogP contribution in [-0.4, -0.2) is 30.7 Å². The molecule has 8 nitrogen and oxygen atoms in total. The average Bonchev–Trinajstić information content (AvgIpc) is 3.33. The molecule has 0 saturated carbocycles. The van der Waals surface area contributed by atoms with Crippen molar-refractivity contribution in [3.05, 3.63) is 60.4 Å². The summed E-state index contributed by atoms with van der Waals surface area (Å²) in [5.41, 5.74) is 1.65. The van der Waals surface area contributed by atoms with E-state index in [1.807, 2.05) is 35.7 Å². The molecule has 0 aliphatic rings. The topological polar surface area (TPSA) is 101 Å². The number of carbonyl (C=O) groups is 1. The Kier molecular flexibility index (Phi) is 3.34. The van der Waals surface area contributed by atoms with E-state index >= 15 is 0 Å². The van der Waals surface area contributed by atoms with Gasteiger partial charge in [-0.15, -0.1) is 10.2 Å². The molecule has 0 radical (unpaired) electrons. The van der Waals surface area contributed by atoms with Crippen LogP contribution in [0, 0.1) is 0 Å². The van der Waals surface area contributed by atoms with E-state index in [0.29, 0.717) is 17.3 Å². The van der Waals surface area contributed by atoms with Crippen molar-refractivity contribution in [2.24, 2.45) is 0 Å². The van der Waals surface area contributed by atoms with Crippen molar-refractivity contribution in [1.82, 2.24) is 30.1 Å². The van der Waals surface area contributed by atoms with Crippen LogP contribution in [0.5, 0.6) is 0 Å². The standard InChI is InChI=1S/C16H14N6O2/c1-10(15-21-20-14-6-2-3-7-22(14)15)17-16(23)12-9-11(18-19-12)13-5-4-8-24-13/h2-10H,1H3,(H,17,23)(H,18,19)/t10-/m1/s1. The molecule has 0 spiro atoms. The molecular formula is C16H14N6O2. The van der Waals surface area contributed by atoms with Gasteiger partial charge in [-0.1, -0.05) is 6.07 Å². The van der Waals surface area contributed by atoms with Gasteiger partial charge in [0, 0.05) is 12.3 Å². The number of furan rings is 1. The van der Waals surface area contributed by atoms with Gasteiger partial charge >= 0.3 is 0 Å². The fourth-order valence-electron chi connectivity index (χ4n) is 2.49. The van der Waals surface area contributed by atoms with Gasteiger partial charge in [0.15, 0.2) is 22.9 Å². The fraction of sp³-hybridized carbons (Fsp3) is 0.125. The number of amides is 1. The number of H-pyrrole nitrogens is 1. The number of pyridine rings is 1. The molecule has 0 saturated heterocycles. The van der Waals surface area contributed by atoms with Crippen molar-refractivity contribution in [2.45, 2.75) is 13.0 Å². The predicted molar refractivity (Wildman–Crippen MR) is 85.2 cm³/mol. The van der Waals surface area contributed by atoms with Crippen LogP contribution in [0.3, 0.4) is 0 Å². The Bertz CT molecular complexity index is 985. The lowest BCUT2D eigenvalue weighted by Gasteiger charge is -2.11. The molecule has 2 N–H and O–H groups in total. The quantitative estimate of drug-likeness (QED) is 0.600. The van der Waals surface area contributed by atoms with Crippen LogP contribution in [0.25, 0.3) is 17.1 Å². The summed E-state index contributed by atoms with van der Waals surface area (Å²) in [4.78, 5) is 12.4. The molecule has 4 aromatic heterocycles. The summed E-state index contributed by atoms with van der Waals surface area (Å²) in [5.74, 6) is 0.975. The zero-order valence-corrected chi connectivity index (χ0v) is 12.8. The van der Waals surface area contributed by atoms with Crippen molar-refractivity contribution < 1.29 is 9.21 Å². The first-order valence-electron chi connectivity index (χ1n) is 7.42. The first-order valence-corrected chi connectivity index (χ1v) is 7.42. The maximum atomic E-state index is 12.4. The molecule has 0 aliphatic heterocycles. The van der Waals surface area contributed by atoms with E-state index in [-0.39, 0.29) is 17.6 Å². The molecule has 4 aromatic rings. The van der Waals surface area contributed by atoms with E-state index in [9.17, 15) is 4.79 Å². The Morgan fingerprint density at radius 3 is 3.04 bits per heavy atom. The number of hydrogen-bond acceptors (Lipinski definition) is 5. The zero-order valence-electron chi connectivity index (χ0n) is 12.8. The lowest BCUT2D eigenvalue weighted by atomic mass is 10.2. The van der Waals surface area contributed by atoms with Gasteiger partial charge in [-0.05, 0) is 31.2 Å². The highest BCUT2D eigenvalue weighted by atomic mass is 16.3.